The van der Waals surface area contributed by atoms with E-state index in [1.807, 2.05) is 53.4 Å². The molecule has 1 amide bonds. The van der Waals surface area contributed by atoms with Gasteiger partial charge in [0, 0.05) is 44.7 Å². The molecule has 1 saturated carbocycles. The Bertz CT molecular complexity index is 798. The van der Waals surface area contributed by atoms with Gasteiger partial charge in [-0.25, -0.2) is 9.69 Å². The van der Waals surface area contributed by atoms with Crippen LogP contribution in [0.4, 0.5) is 0 Å². The summed E-state index contributed by atoms with van der Waals surface area (Å²) in [5, 5.41) is 0. The van der Waals surface area contributed by atoms with Crippen LogP contribution in [0.25, 0.3) is 0 Å². The maximum atomic E-state index is 14.1. The summed E-state index contributed by atoms with van der Waals surface area (Å²) in [6.45, 7) is 17.3. The van der Waals surface area contributed by atoms with Gasteiger partial charge in [0.1, 0.15) is 5.60 Å². The van der Waals surface area contributed by atoms with E-state index in [4.69, 9.17) is 14.2 Å². The van der Waals surface area contributed by atoms with Gasteiger partial charge in [-0.3, -0.25) is 14.5 Å². The molecule has 0 bridgehead atoms. The Balaban J connectivity index is 1.85. The van der Waals surface area contributed by atoms with Crippen LogP contribution in [0.15, 0.2) is 0 Å². The third kappa shape index (κ3) is 7.24. The first kappa shape index (κ1) is 29.8. The van der Waals surface area contributed by atoms with Gasteiger partial charge in [-0.05, 0) is 66.2 Å². The second kappa shape index (κ2) is 12.0. The molecule has 2 aliphatic heterocycles. The number of amides is 1. The summed E-state index contributed by atoms with van der Waals surface area (Å²) in [5.74, 6) is -1.87. The summed E-state index contributed by atoms with van der Waals surface area (Å²) >= 11 is 0. The molecule has 3 rings (SSSR count). The van der Waals surface area contributed by atoms with Crippen LogP contribution >= 0.6 is 0 Å². The molecule has 2 heterocycles. The molecule has 0 aromatic heterocycles. The predicted molar refractivity (Wildman–Crippen MR) is 140 cm³/mol. The summed E-state index contributed by atoms with van der Waals surface area (Å²) in [5.41, 5.74) is -1.12. The van der Waals surface area contributed by atoms with Gasteiger partial charge < -0.3 is 19.1 Å². The molecule has 212 valence electrons. The SMILES string of the molecule is CCOC(=O)[C@H]1CC[C@H](OC(C(=O)OC(C)(C)C)(N2CCCC2)N2CCN(C(=O)C(C)(C)C)CC2)CC1. The van der Waals surface area contributed by atoms with Gasteiger partial charge in [-0.1, -0.05) is 20.8 Å². The molecule has 1 atom stereocenters. The number of esters is 2. The van der Waals surface area contributed by atoms with Crippen molar-refractivity contribution in [3.05, 3.63) is 0 Å². The van der Waals surface area contributed by atoms with Gasteiger partial charge in [-0.2, -0.15) is 0 Å². The van der Waals surface area contributed by atoms with Gasteiger partial charge in [0.15, 0.2) is 0 Å². The molecule has 1 aliphatic carbocycles. The molecular weight excluding hydrogens is 474 g/mol. The summed E-state index contributed by atoms with van der Waals surface area (Å²) in [7, 11) is 0. The Morgan fingerprint density at radius 3 is 1.81 bits per heavy atom. The van der Waals surface area contributed by atoms with Crippen LogP contribution in [0.2, 0.25) is 0 Å². The van der Waals surface area contributed by atoms with Crippen LogP contribution in [-0.2, 0) is 28.6 Å². The lowest BCUT2D eigenvalue weighted by Crippen LogP contribution is -2.71. The fraction of sp³-hybridized carbons (Fsp3) is 0.893. The minimum Gasteiger partial charge on any atom is -0.466 e. The topological polar surface area (TPSA) is 88.6 Å². The maximum Gasteiger partial charge on any atom is 0.371 e. The highest BCUT2D eigenvalue weighted by atomic mass is 16.6. The van der Waals surface area contributed by atoms with Crippen LogP contribution in [0.1, 0.15) is 87.0 Å². The van der Waals surface area contributed by atoms with Crippen LogP contribution < -0.4 is 0 Å². The van der Waals surface area contributed by atoms with Gasteiger partial charge >= 0.3 is 11.9 Å². The molecule has 0 aromatic carbocycles. The molecule has 0 aromatic rings. The smallest absolute Gasteiger partial charge is 0.371 e. The van der Waals surface area contributed by atoms with E-state index in [0.29, 0.717) is 58.5 Å². The van der Waals surface area contributed by atoms with Crippen molar-refractivity contribution in [2.45, 2.75) is 105 Å². The van der Waals surface area contributed by atoms with Crippen molar-refractivity contribution >= 4 is 17.8 Å². The van der Waals surface area contributed by atoms with E-state index in [2.05, 4.69) is 9.80 Å². The van der Waals surface area contributed by atoms with Crippen LogP contribution in [0.5, 0.6) is 0 Å². The highest BCUT2D eigenvalue weighted by Gasteiger charge is 2.56. The average Bonchev–Trinajstić information content (AvgIpc) is 3.36. The number of hydrogen-bond acceptors (Lipinski definition) is 8. The molecule has 0 N–H and O–H groups in total. The Labute approximate surface area is 223 Å². The zero-order valence-electron chi connectivity index (χ0n) is 24.1. The summed E-state index contributed by atoms with van der Waals surface area (Å²) in [6, 6.07) is 0. The number of carbonyl (C=O) groups is 3. The molecular formula is C28H49N3O6. The summed E-state index contributed by atoms with van der Waals surface area (Å²) < 4.78 is 18.1. The molecule has 9 nitrogen and oxygen atoms in total. The molecule has 9 heteroatoms. The number of piperazine rings is 1. The normalized spacial score (nSPS) is 26.0. The van der Waals surface area contributed by atoms with Crippen molar-refractivity contribution in [3.63, 3.8) is 0 Å². The number of ether oxygens (including phenoxy) is 3. The minimum absolute atomic E-state index is 0.116. The van der Waals surface area contributed by atoms with E-state index in [0.717, 1.165) is 25.9 Å². The first-order chi connectivity index (χ1) is 17.3. The highest BCUT2D eigenvalue weighted by molar-refractivity contribution is 5.82. The van der Waals surface area contributed by atoms with E-state index in [1.54, 1.807) is 0 Å². The zero-order chi connectivity index (χ0) is 27.4. The molecule has 1 unspecified atom stereocenters. The van der Waals surface area contributed by atoms with Gasteiger partial charge in [0.05, 0.1) is 18.6 Å². The fourth-order valence-corrected chi connectivity index (χ4v) is 5.62. The Kier molecular flexibility index (Phi) is 9.67. The fourth-order valence-electron chi connectivity index (χ4n) is 5.62. The Morgan fingerprint density at radius 2 is 1.32 bits per heavy atom. The summed E-state index contributed by atoms with van der Waals surface area (Å²) in [4.78, 5) is 45.4. The third-order valence-electron chi connectivity index (χ3n) is 7.46. The second-order valence-corrected chi connectivity index (χ2v) is 12.7. The van der Waals surface area contributed by atoms with E-state index < -0.39 is 16.9 Å². The third-order valence-corrected chi connectivity index (χ3v) is 7.46. The molecule has 3 fully saturated rings. The van der Waals surface area contributed by atoms with Crippen LogP contribution in [-0.4, -0.2) is 96.0 Å². The lowest BCUT2D eigenvalue weighted by Gasteiger charge is -2.51. The lowest BCUT2D eigenvalue weighted by atomic mass is 9.87. The van der Waals surface area contributed by atoms with Crippen molar-refractivity contribution in [2.75, 3.05) is 45.9 Å². The lowest BCUT2D eigenvalue weighted by molar-refractivity contribution is -0.281. The van der Waals surface area contributed by atoms with Crippen LogP contribution in [0, 0.1) is 11.3 Å². The van der Waals surface area contributed by atoms with E-state index in [-0.39, 0.29) is 29.9 Å². The number of likely N-dealkylation sites (tertiary alicyclic amines) is 1. The monoisotopic (exact) mass is 523 g/mol. The van der Waals surface area contributed by atoms with Crippen molar-refractivity contribution in [1.29, 1.82) is 0 Å². The first-order valence-corrected chi connectivity index (χ1v) is 14.2. The van der Waals surface area contributed by atoms with Gasteiger partial charge in [0.25, 0.3) is 5.85 Å². The van der Waals surface area contributed by atoms with E-state index in [1.165, 1.54) is 0 Å². The molecule has 0 radical (unpaired) electrons. The molecule has 3 aliphatic rings. The Morgan fingerprint density at radius 1 is 0.784 bits per heavy atom. The van der Waals surface area contributed by atoms with E-state index >= 15 is 0 Å². The minimum atomic E-state index is -1.35. The maximum absolute atomic E-state index is 14.1. The summed E-state index contributed by atoms with van der Waals surface area (Å²) in [6.07, 6.45) is 4.55. The standard InChI is InChI=1S/C28H49N3O6/c1-8-35-23(32)21-11-13-22(14-12-21)36-28(30-15-9-10-16-30,25(34)37-27(5,6)7)31-19-17-29(18-20-31)24(33)26(2,3)4/h21-22H,8-20H2,1-7H3/t21-,22-,28?. The number of nitrogens with zero attached hydrogens (tertiary/aromatic N) is 3. The van der Waals surface area contributed by atoms with E-state index in [9.17, 15) is 14.4 Å². The van der Waals surface area contributed by atoms with Crippen molar-refractivity contribution < 1.29 is 28.6 Å². The molecule has 0 spiro atoms. The predicted octanol–water partition coefficient (Wildman–Crippen LogP) is 3.41. The average molecular weight is 524 g/mol. The second-order valence-electron chi connectivity index (χ2n) is 12.7. The van der Waals surface area contributed by atoms with Gasteiger partial charge in [-0.15, -0.1) is 0 Å². The highest BCUT2D eigenvalue weighted by Crippen LogP contribution is 2.37. The number of carbonyl (C=O) groups excluding carboxylic acids is 3. The quantitative estimate of drug-likeness (QED) is 0.469. The zero-order valence-corrected chi connectivity index (χ0v) is 24.1. The van der Waals surface area contributed by atoms with Crippen LogP contribution in [0.3, 0.4) is 0 Å². The van der Waals surface area contributed by atoms with Crippen molar-refractivity contribution in [2.24, 2.45) is 11.3 Å². The number of hydrogen-bond donors (Lipinski definition) is 0. The molecule has 2 saturated heterocycles. The van der Waals surface area contributed by atoms with Crippen molar-refractivity contribution in [3.8, 4) is 0 Å². The number of rotatable bonds is 7. The first-order valence-electron chi connectivity index (χ1n) is 14.2. The molecule has 37 heavy (non-hydrogen) atoms. The largest absolute Gasteiger partial charge is 0.466 e. The Hall–Kier alpha value is -1.71. The van der Waals surface area contributed by atoms with Gasteiger partial charge in [0.2, 0.25) is 5.91 Å². The van der Waals surface area contributed by atoms with Crippen molar-refractivity contribution in [1.82, 2.24) is 14.7 Å².